The molecule has 3 aromatic rings. The Morgan fingerprint density at radius 3 is 2.57 bits per heavy atom. The molecule has 114 valence electrons. The Morgan fingerprint density at radius 2 is 1.78 bits per heavy atom. The standard InChI is InChI=1S/C19H14ClNS2/c20-14-9-7-13(8-10-14)19-12-16(17-6-3-11-22-17)21-15-4-1-2-5-18(15)23-19/h1-11,19H,12H2. The molecule has 2 heterocycles. The molecule has 0 saturated heterocycles. The Hall–Kier alpha value is -1.55. The summed E-state index contributed by atoms with van der Waals surface area (Å²) >= 11 is 9.68. The summed E-state index contributed by atoms with van der Waals surface area (Å²) in [6, 6.07) is 20.8. The number of hydrogen-bond acceptors (Lipinski definition) is 3. The van der Waals surface area contributed by atoms with Crippen molar-refractivity contribution in [2.24, 2.45) is 4.99 Å². The SMILES string of the molecule is Clc1ccc(C2CC(c3cccs3)=Nc3ccccc3S2)cc1. The third-order valence-electron chi connectivity index (χ3n) is 3.82. The highest BCUT2D eigenvalue weighted by Gasteiger charge is 2.22. The van der Waals surface area contributed by atoms with Gasteiger partial charge in [0.1, 0.15) is 0 Å². The fourth-order valence-electron chi connectivity index (χ4n) is 2.67. The Balaban J connectivity index is 1.78. The number of thioether (sulfide) groups is 1. The van der Waals surface area contributed by atoms with E-state index in [0.29, 0.717) is 5.25 Å². The Labute approximate surface area is 149 Å². The predicted molar refractivity (Wildman–Crippen MR) is 102 cm³/mol. The Morgan fingerprint density at radius 1 is 0.957 bits per heavy atom. The lowest BCUT2D eigenvalue weighted by molar-refractivity contribution is 1.01. The van der Waals surface area contributed by atoms with E-state index in [0.717, 1.165) is 22.8 Å². The van der Waals surface area contributed by atoms with Crippen LogP contribution in [0.15, 0.2) is 75.9 Å². The summed E-state index contributed by atoms with van der Waals surface area (Å²) in [6.45, 7) is 0. The van der Waals surface area contributed by atoms with Crippen LogP contribution >= 0.6 is 34.7 Å². The molecule has 1 aromatic heterocycles. The van der Waals surface area contributed by atoms with Crippen LogP contribution < -0.4 is 0 Å². The summed E-state index contributed by atoms with van der Waals surface area (Å²) < 4.78 is 0. The van der Waals surface area contributed by atoms with Crippen molar-refractivity contribution in [1.82, 2.24) is 0 Å². The van der Waals surface area contributed by atoms with Gasteiger partial charge in [0.05, 0.1) is 11.4 Å². The van der Waals surface area contributed by atoms with Gasteiger partial charge in [-0.2, -0.15) is 0 Å². The van der Waals surface area contributed by atoms with Gasteiger partial charge in [0.25, 0.3) is 0 Å². The predicted octanol–water partition coefficient (Wildman–Crippen LogP) is 6.76. The van der Waals surface area contributed by atoms with Crippen molar-refractivity contribution in [3.63, 3.8) is 0 Å². The average molecular weight is 356 g/mol. The van der Waals surface area contributed by atoms with Gasteiger partial charge in [-0.05, 0) is 41.3 Å². The monoisotopic (exact) mass is 355 g/mol. The van der Waals surface area contributed by atoms with E-state index < -0.39 is 0 Å². The van der Waals surface area contributed by atoms with Gasteiger partial charge in [0.2, 0.25) is 0 Å². The van der Waals surface area contributed by atoms with Gasteiger partial charge >= 0.3 is 0 Å². The highest BCUT2D eigenvalue weighted by atomic mass is 35.5. The molecule has 1 aliphatic heterocycles. The summed E-state index contributed by atoms with van der Waals surface area (Å²) in [5, 5.41) is 3.23. The molecule has 2 aromatic carbocycles. The molecule has 0 radical (unpaired) electrons. The second-order valence-electron chi connectivity index (χ2n) is 5.37. The number of nitrogens with zero attached hydrogens (tertiary/aromatic N) is 1. The molecule has 0 saturated carbocycles. The van der Waals surface area contributed by atoms with E-state index in [1.54, 1.807) is 11.3 Å². The molecule has 0 aliphatic carbocycles. The second-order valence-corrected chi connectivity index (χ2v) is 7.99. The molecular formula is C19H14ClNS2. The maximum absolute atomic E-state index is 6.04. The first-order valence-electron chi connectivity index (χ1n) is 7.42. The normalized spacial score (nSPS) is 17.3. The third kappa shape index (κ3) is 3.23. The summed E-state index contributed by atoms with van der Waals surface area (Å²) in [4.78, 5) is 7.44. The zero-order valence-corrected chi connectivity index (χ0v) is 14.7. The fraction of sp³-hybridized carbons (Fsp3) is 0.105. The first-order valence-corrected chi connectivity index (χ1v) is 9.56. The van der Waals surface area contributed by atoms with Gasteiger partial charge in [-0.3, -0.25) is 4.99 Å². The smallest absolute Gasteiger partial charge is 0.0769 e. The molecular weight excluding hydrogens is 342 g/mol. The zero-order chi connectivity index (χ0) is 15.6. The molecule has 4 heteroatoms. The lowest BCUT2D eigenvalue weighted by Crippen LogP contribution is -2.03. The summed E-state index contributed by atoms with van der Waals surface area (Å²) in [5.74, 6) is 0. The lowest BCUT2D eigenvalue weighted by Gasteiger charge is -2.15. The molecule has 23 heavy (non-hydrogen) atoms. The van der Waals surface area contributed by atoms with Crippen LogP contribution in [0.1, 0.15) is 22.1 Å². The minimum atomic E-state index is 0.344. The van der Waals surface area contributed by atoms with E-state index in [-0.39, 0.29) is 0 Å². The van der Waals surface area contributed by atoms with Gasteiger partial charge in [-0.1, -0.05) is 41.9 Å². The van der Waals surface area contributed by atoms with E-state index in [9.17, 15) is 0 Å². The Kier molecular flexibility index (Phi) is 4.25. The van der Waals surface area contributed by atoms with Gasteiger partial charge in [0, 0.05) is 26.5 Å². The van der Waals surface area contributed by atoms with Gasteiger partial charge in [0.15, 0.2) is 0 Å². The first kappa shape index (κ1) is 15.0. The van der Waals surface area contributed by atoms with Crippen LogP contribution in [-0.2, 0) is 0 Å². The van der Waals surface area contributed by atoms with E-state index in [1.807, 2.05) is 23.9 Å². The van der Waals surface area contributed by atoms with Crippen LogP contribution in [-0.4, -0.2) is 5.71 Å². The van der Waals surface area contributed by atoms with Crippen molar-refractivity contribution >= 4 is 46.1 Å². The summed E-state index contributed by atoms with van der Waals surface area (Å²) in [6.07, 6.45) is 0.918. The summed E-state index contributed by atoms with van der Waals surface area (Å²) in [5.41, 5.74) is 3.52. The number of benzene rings is 2. The van der Waals surface area contributed by atoms with Gasteiger partial charge in [-0.15, -0.1) is 23.1 Å². The van der Waals surface area contributed by atoms with Crippen molar-refractivity contribution in [1.29, 1.82) is 0 Å². The molecule has 1 atom stereocenters. The largest absolute Gasteiger partial charge is 0.251 e. The average Bonchev–Trinajstić information content (AvgIpc) is 3.03. The molecule has 0 bridgehead atoms. The van der Waals surface area contributed by atoms with E-state index in [4.69, 9.17) is 16.6 Å². The van der Waals surface area contributed by atoms with Crippen molar-refractivity contribution in [3.05, 3.63) is 81.5 Å². The van der Waals surface area contributed by atoms with Crippen LogP contribution in [0.3, 0.4) is 0 Å². The van der Waals surface area contributed by atoms with Crippen molar-refractivity contribution in [2.45, 2.75) is 16.6 Å². The highest BCUT2D eigenvalue weighted by Crippen LogP contribution is 2.45. The van der Waals surface area contributed by atoms with Crippen molar-refractivity contribution in [3.8, 4) is 0 Å². The number of rotatable bonds is 2. The van der Waals surface area contributed by atoms with Crippen LogP contribution in [0.5, 0.6) is 0 Å². The van der Waals surface area contributed by atoms with Crippen LogP contribution in [0, 0.1) is 0 Å². The number of aliphatic imine (C=N–C) groups is 1. The van der Waals surface area contributed by atoms with E-state index in [1.165, 1.54) is 15.3 Å². The first-order chi connectivity index (χ1) is 11.3. The zero-order valence-electron chi connectivity index (χ0n) is 12.3. The number of halogens is 1. The third-order valence-corrected chi connectivity index (χ3v) is 6.31. The minimum absolute atomic E-state index is 0.344. The maximum Gasteiger partial charge on any atom is 0.0769 e. The van der Waals surface area contributed by atoms with E-state index >= 15 is 0 Å². The van der Waals surface area contributed by atoms with Crippen molar-refractivity contribution in [2.75, 3.05) is 0 Å². The van der Waals surface area contributed by atoms with Crippen molar-refractivity contribution < 1.29 is 0 Å². The van der Waals surface area contributed by atoms with Gasteiger partial charge in [-0.25, -0.2) is 0 Å². The lowest BCUT2D eigenvalue weighted by atomic mass is 10.1. The molecule has 1 unspecified atom stereocenters. The number of hydrogen-bond donors (Lipinski definition) is 0. The van der Waals surface area contributed by atoms with Gasteiger partial charge < -0.3 is 0 Å². The number of para-hydroxylation sites is 1. The number of fused-ring (bicyclic) bond motifs is 1. The molecule has 4 rings (SSSR count). The quantitative estimate of drug-likeness (QED) is 0.494. The highest BCUT2D eigenvalue weighted by molar-refractivity contribution is 7.99. The number of thiophene rings is 1. The Bertz CT molecular complexity index is 838. The topological polar surface area (TPSA) is 12.4 Å². The minimum Gasteiger partial charge on any atom is -0.251 e. The maximum atomic E-state index is 6.04. The molecule has 0 fully saturated rings. The van der Waals surface area contributed by atoms with Crippen LogP contribution in [0.2, 0.25) is 5.02 Å². The molecule has 0 amide bonds. The van der Waals surface area contributed by atoms with E-state index in [2.05, 4.69) is 53.9 Å². The molecule has 1 aliphatic rings. The van der Waals surface area contributed by atoms with Crippen LogP contribution in [0.4, 0.5) is 5.69 Å². The molecule has 0 N–H and O–H groups in total. The van der Waals surface area contributed by atoms with Crippen LogP contribution in [0.25, 0.3) is 0 Å². The second kappa shape index (κ2) is 6.52. The molecule has 0 spiro atoms. The fourth-order valence-corrected chi connectivity index (χ4v) is 4.76. The molecule has 1 nitrogen and oxygen atoms in total. The summed E-state index contributed by atoms with van der Waals surface area (Å²) in [7, 11) is 0.